The molecule has 2 rings (SSSR count). The van der Waals surface area contributed by atoms with Crippen LogP contribution >= 0.6 is 11.6 Å². The summed E-state index contributed by atoms with van der Waals surface area (Å²) < 4.78 is 18.3. The summed E-state index contributed by atoms with van der Waals surface area (Å²) in [7, 11) is 0. The fraction of sp³-hybridized carbons (Fsp3) is 0. The van der Waals surface area contributed by atoms with Gasteiger partial charge in [-0.2, -0.15) is 4.98 Å². The molecule has 1 heterocycles. The molecule has 2 N–H and O–H groups in total. The molecule has 4 nitrogen and oxygen atoms in total. The number of nitrogens with zero attached hydrogens (tertiary/aromatic N) is 2. The predicted octanol–water partition coefficient (Wildman–Crippen LogP) is 2.64. The van der Waals surface area contributed by atoms with Gasteiger partial charge < -0.3 is 10.5 Å². The van der Waals surface area contributed by atoms with Gasteiger partial charge in [-0.05, 0) is 18.2 Å². The molecular weight excluding hydrogens is 233 g/mol. The number of nitrogens with two attached hydrogens (primary N) is 1. The summed E-state index contributed by atoms with van der Waals surface area (Å²) in [5.74, 6) is -0.0324. The van der Waals surface area contributed by atoms with E-state index in [1.165, 1.54) is 24.4 Å². The topological polar surface area (TPSA) is 61.0 Å². The maximum Gasteiger partial charge on any atom is 0.323 e. The third-order valence-corrected chi connectivity index (χ3v) is 2.06. The maximum atomic E-state index is 13.1. The lowest BCUT2D eigenvalue weighted by Crippen LogP contribution is -1.95. The number of halogens is 2. The van der Waals surface area contributed by atoms with Crippen molar-refractivity contribution in [1.82, 2.24) is 9.97 Å². The summed E-state index contributed by atoms with van der Waals surface area (Å²) in [6.45, 7) is 0. The van der Waals surface area contributed by atoms with Gasteiger partial charge in [-0.3, -0.25) is 0 Å². The van der Waals surface area contributed by atoms with Gasteiger partial charge in [-0.25, -0.2) is 9.37 Å². The first-order chi connectivity index (χ1) is 7.65. The second kappa shape index (κ2) is 4.32. The molecule has 6 heteroatoms. The van der Waals surface area contributed by atoms with Crippen molar-refractivity contribution >= 4 is 17.4 Å². The minimum absolute atomic E-state index is 0.0286. The minimum atomic E-state index is -0.567. The highest BCUT2D eigenvalue weighted by molar-refractivity contribution is 6.30. The van der Waals surface area contributed by atoms with Crippen molar-refractivity contribution < 1.29 is 9.13 Å². The van der Waals surface area contributed by atoms with Crippen LogP contribution in [-0.2, 0) is 0 Å². The van der Waals surface area contributed by atoms with Gasteiger partial charge in [0.15, 0.2) is 0 Å². The van der Waals surface area contributed by atoms with Crippen LogP contribution in [0.2, 0.25) is 5.02 Å². The van der Waals surface area contributed by atoms with Crippen molar-refractivity contribution in [3.63, 3.8) is 0 Å². The quantitative estimate of drug-likeness (QED) is 0.875. The fourth-order valence-electron chi connectivity index (χ4n) is 1.05. The van der Waals surface area contributed by atoms with Crippen LogP contribution in [0.1, 0.15) is 0 Å². The van der Waals surface area contributed by atoms with Crippen LogP contribution in [0.4, 0.5) is 10.2 Å². The van der Waals surface area contributed by atoms with Crippen molar-refractivity contribution in [2.75, 3.05) is 5.73 Å². The highest BCUT2D eigenvalue weighted by atomic mass is 35.5. The largest absolute Gasteiger partial charge is 0.424 e. The van der Waals surface area contributed by atoms with Crippen LogP contribution in [0.25, 0.3) is 0 Å². The summed E-state index contributed by atoms with van der Waals surface area (Å²) >= 11 is 5.53. The first-order valence-electron chi connectivity index (χ1n) is 4.36. The predicted molar refractivity (Wildman–Crippen MR) is 57.9 cm³/mol. The SMILES string of the molecule is Nc1ccnc(Oc2ccc(Cl)c(F)c2)n1. The molecule has 0 aliphatic rings. The Balaban J connectivity index is 2.24. The molecule has 0 aliphatic carbocycles. The molecule has 1 aromatic carbocycles. The summed E-state index contributed by atoms with van der Waals surface area (Å²) in [5, 5.41) is 0.0286. The van der Waals surface area contributed by atoms with Crippen molar-refractivity contribution in [1.29, 1.82) is 0 Å². The Morgan fingerprint density at radius 3 is 2.81 bits per heavy atom. The second-order valence-corrected chi connectivity index (χ2v) is 3.35. The molecule has 2 aromatic rings. The van der Waals surface area contributed by atoms with E-state index in [0.29, 0.717) is 0 Å². The number of ether oxygens (including phenoxy) is 1. The Morgan fingerprint density at radius 2 is 2.12 bits per heavy atom. The Morgan fingerprint density at radius 1 is 1.31 bits per heavy atom. The summed E-state index contributed by atoms with van der Waals surface area (Å²) in [4.78, 5) is 7.63. The molecule has 0 aliphatic heterocycles. The number of hydrogen-bond acceptors (Lipinski definition) is 4. The Hall–Kier alpha value is -1.88. The average molecular weight is 240 g/mol. The Labute approximate surface area is 95.9 Å². The monoisotopic (exact) mass is 239 g/mol. The molecular formula is C10H7ClFN3O. The van der Waals surface area contributed by atoms with E-state index in [1.54, 1.807) is 0 Å². The van der Waals surface area contributed by atoms with Crippen LogP contribution in [0.3, 0.4) is 0 Å². The van der Waals surface area contributed by atoms with Gasteiger partial charge in [-0.15, -0.1) is 0 Å². The van der Waals surface area contributed by atoms with Crippen LogP contribution in [-0.4, -0.2) is 9.97 Å². The molecule has 0 saturated carbocycles. The number of rotatable bonds is 2. The molecule has 0 amide bonds. The summed E-state index contributed by atoms with van der Waals surface area (Å²) in [6.07, 6.45) is 1.45. The minimum Gasteiger partial charge on any atom is -0.424 e. The smallest absolute Gasteiger partial charge is 0.323 e. The third-order valence-electron chi connectivity index (χ3n) is 1.76. The molecule has 0 saturated heterocycles. The molecule has 0 fully saturated rings. The van der Waals surface area contributed by atoms with Crippen molar-refractivity contribution in [3.8, 4) is 11.8 Å². The number of hydrogen-bond donors (Lipinski definition) is 1. The standard InChI is InChI=1S/C10H7ClFN3O/c11-7-2-1-6(5-8(7)12)16-10-14-4-3-9(13)15-10/h1-5H,(H2,13,14,15). The molecule has 16 heavy (non-hydrogen) atoms. The normalized spacial score (nSPS) is 10.1. The molecule has 0 atom stereocenters. The van der Waals surface area contributed by atoms with Gasteiger partial charge in [-0.1, -0.05) is 11.6 Å². The van der Waals surface area contributed by atoms with Crippen LogP contribution < -0.4 is 10.5 Å². The van der Waals surface area contributed by atoms with Crippen molar-refractivity contribution in [2.24, 2.45) is 0 Å². The van der Waals surface area contributed by atoms with Crippen LogP contribution in [0.5, 0.6) is 11.8 Å². The molecule has 0 radical (unpaired) electrons. The molecule has 82 valence electrons. The molecule has 0 unspecified atom stereocenters. The summed E-state index contributed by atoms with van der Waals surface area (Å²) in [6, 6.07) is 5.63. The van der Waals surface area contributed by atoms with E-state index in [0.717, 1.165) is 6.07 Å². The highest BCUT2D eigenvalue weighted by Gasteiger charge is 2.04. The maximum absolute atomic E-state index is 13.1. The van der Waals surface area contributed by atoms with E-state index in [1.807, 2.05) is 0 Å². The Kier molecular flexibility index (Phi) is 2.87. The van der Waals surface area contributed by atoms with E-state index < -0.39 is 5.82 Å². The van der Waals surface area contributed by atoms with E-state index in [-0.39, 0.29) is 22.6 Å². The number of benzene rings is 1. The number of anilines is 1. The first kappa shape index (κ1) is 10.6. The number of nitrogen functional groups attached to an aromatic ring is 1. The zero-order chi connectivity index (χ0) is 11.5. The molecule has 0 bridgehead atoms. The van der Waals surface area contributed by atoms with Crippen LogP contribution in [0.15, 0.2) is 30.5 Å². The van der Waals surface area contributed by atoms with E-state index >= 15 is 0 Å². The Bertz CT molecular complexity index is 521. The van der Waals surface area contributed by atoms with E-state index in [2.05, 4.69) is 9.97 Å². The van der Waals surface area contributed by atoms with E-state index in [4.69, 9.17) is 22.1 Å². The zero-order valence-corrected chi connectivity index (χ0v) is 8.78. The van der Waals surface area contributed by atoms with Gasteiger partial charge in [0.25, 0.3) is 0 Å². The van der Waals surface area contributed by atoms with Gasteiger partial charge in [0.1, 0.15) is 17.4 Å². The van der Waals surface area contributed by atoms with Gasteiger partial charge in [0.2, 0.25) is 0 Å². The highest BCUT2D eigenvalue weighted by Crippen LogP contribution is 2.23. The van der Waals surface area contributed by atoms with Crippen molar-refractivity contribution in [3.05, 3.63) is 41.3 Å². The third kappa shape index (κ3) is 2.38. The van der Waals surface area contributed by atoms with E-state index in [9.17, 15) is 4.39 Å². The summed E-state index contributed by atoms with van der Waals surface area (Å²) in [5.41, 5.74) is 5.44. The average Bonchev–Trinajstić information content (AvgIpc) is 2.24. The zero-order valence-electron chi connectivity index (χ0n) is 8.02. The molecule has 0 spiro atoms. The lowest BCUT2D eigenvalue weighted by atomic mass is 10.3. The first-order valence-corrected chi connectivity index (χ1v) is 4.74. The fourth-order valence-corrected chi connectivity index (χ4v) is 1.17. The lowest BCUT2D eigenvalue weighted by Gasteiger charge is -2.04. The number of aromatic nitrogens is 2. The lowest BCUT2D eigenvalue weighted by molar-refractivity contribution is 0.439. The van der Waals surface area contributed by atoms with Gasteiger partial charge >= 0.3 is 6.01 Å². The second-order valence-electron chi connectivity index (χ2n) is 2.94. The van der Waals surface area contributed by atoms with Gasteiger partial charge in [0.05, 0.1) is 5.02 Å². The van der Waals surface area contributed by atoms with Crippen molar-refractivity contribution in [2.45, 2.75) is 0 Å². The molecule has 1 aromatic heterocycles. The van der Waals surface area contributed by atoms with Gasteiger partial charge in [0, 0.05) is 12.3 Å². The van der Waals surface area contributed by atoms with Crippen LogP contribution in [0, 0.1) is 5.82 Å².